The van der Waals surface area contributed by atoms with E-state index in [1.54, 1.807) is 6.92 Å². The summed E-state index contributed by atoms with van der Waals surface area (Å²) in [6.07, 6.45) is 1.01. The van der Waals surface area contributed by atoms with Crippen molar-refractivity contribution in [2.24, 2.45) is 5.73 Å². The van der Waals surface area contributed by atoms with Crippen molar-refractivity contribution in [1.82, 2.24) is 4.90 Å². The van der Waals surface area contributed by atoms with Crippen molar-refractivity contribution in [2.75, 3.05) is 20.6 Å². The molecule has 1 aliphatic rings. The number of aliphatic hydroxyl groups excluding tert-OH is 1. The van der Waals surface area contributed by atoms with Gasteiger partial charge in [0.1, 0.15) is 0 Å². The third-order valence-electron chi connectivity index (χ3n) is 2.38. The van der Waals surface area contributed by atoms with Gasteiger partial charge in [-0.2, -0.15) is 0 Å². The lowest BCUT2D eigenvalue weighted by molar-refractivity contribution is -0.117. The monoisotopic (exact) mass is 198 g/mol. The number of carbonyl (C=O) groups excluding carboxylic acids is 1. The lowest BCUT2D eigenvalue weighted by Crippen LogP contribution is -2.53. The molecular formula is C10H18N2O2. The first-order chi connectivity index (χ1) is 6.33. The Morgan fingerprint density at radius 3 is 2.79 bits per heavy atom. The lowest BCUT2D eigenvalue weighted by atomic mass is 9.80. The fourth-order valence-corrected chi connectivity index (χ4v) is 1.73. The van der Waals surface area contributed by atoms with E-state index in [2.05, 4.69) is 0 Å². The van der Waals surface area contributed by atoms with Gasteiger partial charge >= 0.3 is 0 Å². The van der Waals surface area contributed by atoms with Gasteiger partial charge < -0.3 is 15.7 Å². The minimum Gasteiger partial charge on any atom is -0.387 e. The van der Waals surface area contributed by atoms with Crippen LogP contribution in [0.25, 0.3) is 0 Å². The summed E-state index contributed by atoms with van der Waals surface area (Å²) in [7, 11) is 3.78. The third kappa shape index (κ3) is 2.41. The highest BCUT2D eigenvalue weighted by Crippen LogP contribution is 2.24. The molecular weight excluding hydrogens is 180 g/mol. The summed E-state index contributed by atoms with van der Waals surface area (Å²) in [5, 5.41) is 9.89. The van der Waals surface area contributed by atoms with Gasteiger partial charge in [0.25, 0.3) is 0 Å². The van der Waals surface area contributed by atoms with Crippen LogP contribution in [0.1, 0.15) is 13.3 Å². The van der Waals surface area contributed by atoms with E-state index in [1.807, 2.05) is 19.0 Å². The standard InChI is InChI=1S/C10H18N2O2/c1-10(11)5-8(13)4-7(9(10)14)6-12(2)3/h4,9,14H,5-6,11H2,1-3H3. The van der Waals surface area contributed by atoms with E-state index in [4.69, 9.17) is 5.73 Å². The first-order valence-corrected chi connectivity index (χ1v) is 4.68. The average molecular weight is 198 g/mol. The van der Waals surface area contributed by atoms with Crippen molar-refractivity contribution >= 4 is 5.78 Å². The Kier molecular flexibility index (Phi) is 3.09. The molecule has 0 aromatic heterocycles. The first kappa shape index (κ1) is 11.4. The van der Waals surface area contributed by atoms with Gasteiger partial charge in [-0.05, 0) is 32.7 Å². The highest BCUT2D eigenvalue weighted by molar-refractivity contribution is 5.92. The summed E-state index contributed by atoms with van der Waals surface area (Å²) in [5.74, 6) is -0.00264. The minimum absolute atomic E-state index is 0.00264. The number of hydrogen-bond acceptors (Lipinski definition) is 4. The van der Waals surface area contributed by atoms with Crippen molar-refractivity contribution in [3.05, 3.63) is 11.6 Å². The van der Waals surface area contributed by atoms with Crippen LogP contribution in [-0.4, -0.2) is 48.1 Å². The normalized spacial score (nSPS) is 33.4. The summed E-state index contributed by atoms with van der Waals surface area (Å²) < 4.78 is 0. The van der Waals surface area contributed by atoms with E-state index < -0.39 is 11.6 Å². The maximum absolute atomic E-state index is 11.3. The van der Waals surface area contributed by atoms with Crippen LogP contribution in [0.15, 0.2) is 11.6 Å². The highest BCUT2D eigenvalue weighted by atomic mass is 16.3. The predicted molar refractivity (Wildman–Crippen MR) is 54.9 cm³/mol. The molecule has 80 valence electrons. The molecule has 0 aromatic rings. The summed E-state index contributed by atoms with van der Waals surface area (Å²) in [4.78, 5) is 13.2. The fraction of sp³-hybridized carbons (Fsp3) is 0.700. The van der Waals surface area contributed by atoms with Gasteiger partial charge in [-0.25, -0.2) is 0 Å². The molecule has 2 atom stereocenters. The van der Waals surface area contributed by atoms with Crippen LogP contribution >= 0.6 is 0 Å². The van der Waals surface area contributed by atoms with Gasteiger partial charge in [-0.1, -0.05) is 0 Å². The molecule has 0 amide bonds. The summed E-state index contributed by atoms with van der Waals surface area (Å²) >= 11 is 0. The molecule has 4 nitrogen and oxygen atoms in total. The second kappa shape index (κ2) is 3.81. The molecule has 2 unspecified atom stereocenters. The van der Waals surface area contributed by atoms with Crippen LogP contribution in [-0.2, 0) is 4.79 Å². The molecule has 0 radical (unpaired) electrons. The SMILES string of the molecule is CN(C)CC1=CC(=O)CC(C)(N)C1O. The number of hydrogen-bond donors (Lipinski definition) is 2. The van der Waals surface area contributed by atoms with E-state index >= 15 is 0 Å². The maximum atomic E-state index is 11.3. The van der Waals surface area contributed by atoms with Gasteiger partial charge in [0.05, 0.1) is 11.6 Å². The van der Waals surface area contributed by atoms with E-state index in [-0.39, 0.29) is 12.2 Å². The van der Waals surface area contributed by atoms with Crippen LogP contribution in [0.2, 0.25) is 0 Å². The van der Waals surface area contributed by atoms with E-state index in [0.717, 1.165) is 0 Å². The van der Waals surface area contributed by atoms with Crippen molar-refractivity contribution in [3.8, 4) is 0 Å². The van der Waals surface area contributed by atoms with Crippen molar-refractivity contribution < 1.29 is 9.90 Å². The largest absolute Gasteiger partial charge is 0.387 e. The molecule has 0 heterocycles. The molecule has 0 spiro atoms. The number of allylic oxidation sites excluding steroid dienone is 1. The van der Waals surface area contributed by atoms with E-state index in [1.165, 1.54) is 6.08 Å². The molecule has 4 heteroatoms. The van der Waals surface area contributed by atoms with Gasteiger partial charge in [0.15, 0.2) is 5.78 Å². The number of nitrogens with two attached hydrogens (primary N) is 1. The topological polar surface area (TPSA) is 66.6 Å². The molecule has 0 bridgehead atoms. The molecule has 0 fully saturated rings. The first-order valence-electron chi connectivity index (χ1n) is 4.68. The summed E-state index contributed by atoms with van der Waals surface area (Å²) in [6, 6.07) is 0. The van der Waals surface area contributed by atoms with Crippen LogP contribution in [0.3, 0.4) is 0 Å². The van der Waals surface area contributed by atoms with Crippen molar-refractivity contribution in [3.63, 3.8) is 0 Å². The second-order valence-electron chi connectivity index (χ2n) is 4.51. The molecule has 0 saturated carbocycles. The van der Waals surface area contributed by atoms with Crippen LogP contribution in [0.4, 0.5) is 0 Å². The number of rotatable bonds is 2. The Bertz CT molecular complexity index is 269. The Hall–Kier alpha value is -0.710. The zero-order valence-corrected chi connectivity index (χ0v) is 8.95. The molecule has 1 aliphatic carbocycles. The molecule has 14 heavy (non-hydrogen) atoms. The van der Waals surface area contributed by atoms with Gasteiger partial charge in [0.2, 0.25) is 0 Å². The second-order valence-corrected chi connectivity index (χ2v) is 4.51. The molecule has 0 saturated heterocycles. The summed E-state index contributed by atoms with van der Waals surface area (Å²) in [6.45, 7) is 2.28. The average Bonchev–Trinajstić information content (AvgIpc) is 1.97. The highest BCUT2D eigenvalue weighted by Gasteiger charge is 2.36. The Labute approximate surface area is 84.4 Å². The smallest absolute Gasteiger partial charge is 0.157 e. The predicted octanol–water partition coefficient (Wildman–Crippen LogP) is -0.474. The van der Waals surface area contributed by atoms with Crippen molar-refractivity contribution in [1.29, 1.82) is 0 Å². The van der Waals surface area contributed by atoms with Gasteiger partial charge in [0, 0.05) is 13.0 Å². The van der Waals surface area contributed by atoms with E-state index in [0.29, 0.717) is 12.1 Å². The quantitative estimate of drug-likeness (QED) is 0.629. The Morgan fingerprint density at radius 2 is 2.29 bits per heavy atom. The fourth-order valence-electron chi connectivity index (χ4n) is 1.73. The molecule has 1 rings (SSSR count). The third-order valence-corrected chi connectivity index (χ3v) is 2.38. The number of ketones is 1. The number of nitrogens with zero attached hydrogens (tertiary/aromatic N) is 1. The van der Waals surface area contributed by atoms with Gasteiger partial charge in [-0.15, -0.1) is 0 Å². The molecule has 0 aliphatic heterocycles. The number of aliphatic hydroxyl groups is 1. The van der Waals surface area contributed by atoms with Crippen LogP contribution in [0, 0.1) is 0 Å². The maximum Gasteiger partial charge on any atom is 0.157 e. The number of carbonyl (C=O) groups is 1. The van der Waals surface area contributed by atoms with E-state index in [9.17, 15) is 9.90 Å². The lowest BCUT2D eigenvalue weighted by Gasteiger charge is -2.35. The zero-order chi connectivity index (χ0) is 10.9. The molecule has 3 N–H and O–H groups in total. The number of likely N-dealkylation sites (N-methyl/N-ethyl adjacent to an activating group) is 1. The van der Waals surface area contributed by atoms with Crippen LogP contribution < -0.4 is 5.73 Å². The van der Waals surface area contributed by atoms with Crippen LogP contribution in [0.5, 0.6) is 0 Å². The Balaban J connectivity index is 2.87. The van der Waals surface area contributed by atoms with Crippen molar-refractivity contribution in [2.45, 2.75) is 25.0 Å². The zero-order valence-electron chi connectivity index (χ0n) is 8.95. The summed E-state index contributed by atoms with van der Waals surface area (Å²) in [5.41, 5.74) is 5.73. The molecule has 0 aromatic carbocycles. The Morgan fingerprint density at radius 1 is 1.71 bits per heavy atom. The van der Waals surface area contributed by atoms with Gasteiger partial charge in [-0.3, -0.25) is 4.79 Å². The minimum atomic E-state index is -0.822.